The topological polar surface area (TPSA) is 63.9 Å². The number of ether oxygens (including phenoxy) is 2. The lowest BCUT2D eigenvalue weighted by molar-refractivity contribution is 0.104. The van der Waals surface area contributed by atoms with Gasteiger partial charge in [0.25, 0.3) is 0 Å². The lowest BCUT2D eigenvalue weighted by Gasteiger charge is -2.26. The summed E-state index contributed by atoms with van der Waals surface area (Å²) in [7, 11) is 1.64. The zero-order chi connectivity index (χ0) is 25.8. The number of aromatic nitrogens is 1. The number of hydrogen-bond donors (Lipinski definition) is 1. The summed E-state index contributed by atoms with van der Waals surface area (Å²) in [6, 6.07) is 20.3. The van der Waals surface area contributed by atoms with Crippen LogP contribution in [0.2, 0.25) is 0 Å². The van der Waals surface area contributed by atoms with Gasteiger partial charge in [0.15, 0.2) is 5.78 Å². The van der Waals surface area contributed by atoms with Crippen molar-refractivity contribution < 1.29 is 19.4 Å². The van der Waals surface area contributed by atoms with Crippen LogP contribution in [0.3, 0.4) is 0 Å². The van der Waals surface area contributed by atoms with Crippen molar-refractivity contribution in [2.24, 2.45) is 0 Å². The average molecular weight is 499 g/mol. The van der Waals surface area contributed by atoms with Crippen LogP contribution in [-0.4, -0.2) is 53.7 Å². The number of fused-ring (bicyclic) bond motifs is 1. The summed E-state index contributed by atoms with van der Waals surface area (Å²) in [6.07, 6.45) is 3.86. The number of carbonyl (C=O) groups excluding carboxylic acids is 1. The molecule has 0 bridgehead atoms. The third-order valence-corrected chi connectivity index (χ3v) is 7.20. The standard InChI is InChI=1S/C31H34N2O4/c1-3-33-28-21-24(34)11-16-27(28)29(30(33)22-7-12-25(36-2)13-8-22)31(35)23-9-14-26(15-10-23)37-20-19-32-17-5-4-6-18-32/h7-16,21,34H,3-6,17-20H2,1-2H3. The lowest BCUT2D eigenvalue weighted by Crippen LogP contribution is -2.33. The van der Waals surface area contributed by atoms with E-state index in [0.717, 1.165) is 53.3 Å². The molecular formula is C31H34N2O4. The van der Waals surface area contributed by atoms with Crippen molar-refractivity contribution in [3.05, 3.63) is 77.9 Å². The first-order valence-electron chi connectivity index (χ1n) is 13.1. The monoisotopic (exact) mass is 498 g/mol. The van der Waals surface area contributed by atoms with E-state index in [9.17, 15) is 9.90 Å². The van der Waals surface area contributed by atoms with Gasteiger partial charge in [-0.15, -0.1) is 0 Å². The average Bonchev–Trinajstić information content (AvgIpc) is 3.27. The van der Waals surface area contributed by atoms with Crippen LogP contribution in [0, 0.1) is 0 Å². The molecule has 0 atom stereocenters. The van der Waals surface area contributed by atoms with Crippen LogP contribution in [0.4, 0.5) is 0 Å². The second-order valence-electron chi connectivity index (χ2n) is 9.50. The fourth-order valence-corrected chi connectivity index (χ4v) is 5.27. The minimum absolute atomic E-state index is 0.0615. The molecule has 0 amide bonds. The number of piperidine rings is 1. The number of methoxy groups -OCH3 is 1. The van der Waals surface area contributed by atoms with Gasteiger partial charge in [0.1, 0.15) is 23.9 Å². The Morgan fingerprint density at radius 2 is 1.62 bits per heavy atom. The molecule has 4 aromatic rings. The van der Waals surface area contributed by atoms with Gasteiger partial charge in [-0.25, -0.2) is 0 Å². The summed E-state index contributed by atoms with van der Waals surface area (Å²) >= 11 is 0. The summed E-state index contributed by atoms with van der Waals surface area (Å²) in [5.74, 6) is 1.63. The van der Waals surface area contributed by atoms with Gasteiger partial charge in [-0.2, -0.15) is 0 Å². The van der Waals surface area contributed by atoms with E-state index in [1.165, 1.54) is 19.3 Å². The molecule has 3 aromatic carbocycles. The van der Waals surface area contributed by atoms with Crippen molar-refractivity contribution in [1.29, 1.82) is 0 Å². The number of aromatic hydroxyl groups is 1. The first-order chi connectivity index (χ1) is 18.1. The van der Waals surface area contributed by atoms with E-state index in [-0.39, 0.29) is 11.5 Å². The SMILES string of the molecule is CCn1c(-c2ccc(OC)cc2)c(C(=O)c2ccc(OCCN3CCCCC3)cc2)c2ccc(O)cc21. The van der Waals surface area contributed by atoms with E-state index < -0.39 is 0 Å². The minimum atomic E-state index is -0.0615. The Hall–Kier alpha value is -3.77. The summed E-state index contributed by atoms with van der Waals surface area (Å²) in [4.78, 5) is 16.4. The molecule has 6 heteroatoms. The third kappa shape index (κ3) is 5.20. The van der Waals surface area contributed by atoms with Gasteiger partial charge in [-0.1, -0.05) is 6.42 Å². The van der Waals surface area contributed by atoms with E-state index in [2.05, 4.69) is 9.47 Å². The Bertz CT molecular complexity index is 1370. The maximum Gasteiger partial charge on any atom is 0.195 e. The molecule has 1 fully saturated rings. The molecule has 0 radical (unpaired) electrons. The van der Waals surface area contributed by atoms with E-state index >= 15 is 0 Å². The highest BCUT2D eigenvalue weighted by atomic mass is 16.5. The highest BCUT2D eigenvalue weighted by molar-refractivity contribution is 6.20. The van der Waals surface area contributed by atoms with Crippen molar-refractivity contribution in [2.75, 3.05) is 33.4 Å². The van der Waals surface area contributed by atoms with Gasteiger partial charge < -0.3 is 19.1 Å². The van der Waals surface area contributed by atoms with E-state index in [1.54, 1.807) is 19.2 Å². The number of aryl methyl sites for hydroxylation is 1. The number of nitrogens with zero attached hydrogens (tertiary/aromatic N) is 2. The Balaban J connectivity index is 1.46. The Kier molecular flexibility index (Phi) is 7.47. The first kappa shape index (κ1) is 24.9. The fraction of sp³-hybridized carbons (Fsp3) is 0.323. The number of phenolic OH excluding ortho intramolecular Hbond substituents is 1. The molecule has 6 nitrogen and oxygen atoms in total. The second-order valence-corrected chi connectivity index (χ2v) is 9.50. The zero-order valence-electron chi connectivity index (χ0n) is 21.6. The Morgan fingerprint density at radius 3 is 2.30 bits per heavy atom. The molecule has 0 spiro atoms. The number of phenols is 1. The van der Waals surface area contributed by atoms with E-state index in [1.807, 2.05) is 61.5 Å². The summed E-state index contributed by atoms with van der Waals surface area (Å²) in [5.41, 5.74) is 3.80. The first-order valence-corrected chi connectivity index (χ1v) is 13.1. The second kappa shape index (κ2) is 11.1. The lowest BCUT2D eigenvalue weighted by atomic mass is 9.97. The fourth-order valence-electron chi connectivity index (χ4n) is 5.27. The molecule has 0 unspecified atom stereocenters. The van der Waals surface area contributed by atoms with Crippen molar-refractivity contribution in [1.82, 2.24) is 9.47 Å². The van der Waals surface area contributed by atoms with Gasteiger partial charge in [-0.3, -0.25) is 9.69 Å². The third-order valence-electron chi connectivity index (χ3n) is 7.20. The number of carbonyl (C=O) groups is 1. The summed E-state index contributed by atoms with van der Waals surface area (Å²) in [5, 5.41) is 11.0. The number of benzene rings is 3. The van der Waals surface area contributed by atoms with Gasteiger partial charge in [0, 0.05) is 30.1 Å². The largest absolute Gasteiger partial charge is 0.508 e. The molecule has 2 heterocycles. The van der Waals surface area contributed by atoms with Gasteiger partial charge in [-0.05, 0) is 99.1 Å². The van der Waals surface area contributed by atoms with Crippen LogP contribution in [0.1, 0.15) is 42.1 Å². The molecule has 1 aliphatic rings. The van der Waals surface area contributed by atoms with Crippen molar-refractivity contribution in [3.63, 3.8) is 0 Å². The maximum atomic E-state index is 14.0. The highest BCUT2D eigenvalue weighted by Crippen LogP contribution is 2.37. The Labute approximate surface area is 218 Å². The number of likely N-dealkylation sites (tertiary alicyclic amines) is 1. The predicted octanol–water partition coefficient (Wildman–Crippen LogP) is 6.14. The van der Waals surface area contributed by atoms with Gasteiger partial charge >= 0.3 is 0 Å². The molecule has 1 aromatic heterocycles. The molecule has 0 aliphatic carbocycles. The van der Waals surface area contributed by atoms with Crippen molar-refractivity contribution >= 4 is 16.7 Å². The quantitative estimate of drug-likeness (QED) is 0.281. The molecule has 1 N–H and O–H groups in total. The smallest absolute Gasteiger partial charge is 0.195 e. The molecule has 5 rings (SSSR count). The molecule has 0 saturated carbocycles. The van der Waals surface area contributed by atoms with Crippen LogP contribution in [0.25, 0.3) is 22.2 Å². The summed E-state index contributed by atoms with van der Waals surface area (Å²) in [6.45, 7) is 6.56. The molecule has 192 valence electrons. The van der Waals surface area contributed by atoms with E-state index in [4.69, 9.17) is 9.47 Å². The highest BCUT2D eigenvalue weighted by Gasteiger charge is 2.24. The van der Waals surface area contributed by atoms with Crippen LogP contribution in [0.15, 0.2) is 66.7 Å². The normalized spacial score (nSPS) is 14.1. The number of ketones is 1. The number of hydrogen-bond acceptors (Lipinski definition) is 5. The number of rotatable bonds is 9. The van der Waals surface area contributed by atoms with Crippen LogP contribution in [0.5, 0.6) is 17.2 Å². The Morgan fingerprint density at radius 1 is 0.919 bits per heavy atom. The predicted molar refractivity (Wildman–Crippen MR) is 147 cm³/mol. The van der Waals surface area contributed by atoms with Crippen LogP contribution in [-0.2, 0) is 6.54 Å². The molecule has 1 saturated heterocycles. The molecule has 37 heavy (non-hydrogen) atoms. The van der Waals surface area contributed by atoms with Gasteiger partial charge in [0.05, 0.1) is 23.9 Å². The zero-order valence-corrected chi connectivity index (χ0v) is 21.6. The molecule has 1 aliphatic heterocycles. The summed E-state index contributed by atoms with van der Waals surface area (Å²) < 4.78 is 13.4. The maximum absolute atomic E-state index is 14.0. The molecular weight excluding hydrogens is 464 g/mol. The van der Waals surface area contributed by atoms with Crippen LogP contribution >= 0.6 is 0 Å². The minimum Gasteiger partial charge on any atom is -0.508 e. The van der Waals surface area contributed by atoms with Crippen molar-refractivity contribution in [2.45, 2.75) is 32.7 Å². The van der Waals surface area contributed by atoms with E-state index in [0.29, 0.717) is 24.3 Å². The van der Waals surface area contributed by atoms with Gasteiger partial charge in [0.2, 0.25) is 0 Å². The van der Waals surface area contributed by atoms with Crippen molar-refractivity contribution in [3.8, 4) is 28.5 Å². The van der Waals surface area contributed by atoms with Crippen LogP contribution < -0.4 is 9.47 Å².